The minimum absolute atomic E-state index is 0.0780. The number of ether oxygens (including phenoxy) is 2. The Morgan fingerprint density at radius 3 is 2.66 bits per heavy atom. The Labute approximate surface area is 250 Å². The molecule has 2 N–H and O–H groups in total. The van der Waals surface area contributed by atoms with Gasteiger partial charge in [0.05, 0.1) is 16.0 Å². The van der Waals surface area contributed by atoms with Crippen LogP contribution >= 0.6 is 0 Å². The minimum Gasteiger partial charge on any atom is -0.496 e. The minimum atomic E-state index is -4.72. The van der Waals surface area contributed by atoms with Gasteiger partial charge >= 0.3 is 6.09 Å². The van der Waals surface area contributed by atoms with Crippen LogP contribution in [0.5, 0.6) is 5.75 Å². The lowest BCUT2D eigenvalue weighted by atomic mass is 10.0. The van der Waals surface area contributed by atoms with Crippen molar-refractivity contribution in [2.75, 3.05) is 12.4 Å². The van der Waals surface area contributed by atoms with Crippen molar-refractivity contribution >= 4 is 38.6 Å². The van der Waals surface area contributed by atoms with Crippen LogP contribution < -0.4 is 14.8 Å². The van der Waals surface area contributed by atoms with Gasteiger partial charge in [0, 0.05) is 48.6 Å². The summed E-state index contributed by atoms with van der Waals surface area (Å²) in [6.07, 6.45) is 1.76. The van der Waals surface area contributed by atoms with Crippen LogP contribution in [0.3, 0.4) is 0 Å². The molecular formula is C31H33N3O6S. The molecule has 214 valence electrons. The zero-order chi connectivity index (χ0) is 35.9. The van der Waals surface area contributed by atoms with Crippen molar-refractivity contribution in [3.05, 3.63) is 89.1 Å². The molecule has 0 radical (unpaired) electrons. The van der Waals surface area contributed by atoms with E-state index in [0.29, 0.717) is 16.6 Å². The molecular weight excluding hydrogens is 542 g/mol. The normalized spacial score (nSPS) is 17.6. The predicted molar refractivity (Wildman–Crippen MR) is 157 cm³/mol. The Kier molecular flexibility index (Phi) is 5.61. The number of carbonyl (C=O) groups excluding carboxylic acids is 2. The molecule has 1 aromatic heterocycles. The largest absolute Gasteiger partial charge is 0.496 e. The summed E-state index contributed by atoms with van der Waals surface area (Å²) in [6, 6.07) is 12.7. The highest BCUT2D eigenvalue weighted by Crippen LogP contribution is 2.30. The van der Waals surface area contributed by atoms with Gasteiger partial charge in [0.15, 0.2) is 0 Å². The van der Waals surface area contributed by atoms with Gasteiger partial charge in [-0.3, -0.25) is 10.1 Å². The molecule has 0 atom stereocenters. The molecule has 0 saturated heterocycles. The molecule has 0 bridgehead atoms. The first kappa shape index (κ1) is 19.7. The summed E-state index contributed by atoms with van der Waals surface area (Å²) in [6.45, 7) is -2.81. The molecule has 1 aliphatic rings. The lowest BCUT2D eigenvalue weighted by Gasteiger charge is -2.13. The van der Waals surface area contributed by atoms with E-state index in [1.807, 2.05) is 0 Å². The van der Waals surface area contributed by atoms with E-state index in [1.165, 1.54) is 18.3 Å². The van der Waals surface area contributed by atoms with Gasteiger partial charge in [-0.25, -0.2) is 17.9 Å². The molecule has 2 amide bonds. The SMILES string of the molecule is [2H]C([2H])([2H])Oc1cc(C(=O)NS(=O)(=O)c2ccccc2C([2H])([2H])[2H])ccc1C([2H])([2H])c1cn(C)c2ccc(NC(=O)OC3CCCC3)cc12. The maximum absolute atomic E-state index is 13.2. The van der Waals surface area contributed by atoms with E-state index in [-0.39, 0.29) is 17.2 Å². The first-order chi connectivity index (χ1) is 22.8. The highest BCUT2D eigenvalue weighted by molar-refractivity contribution is 7.90. The summed E-state index contributed by atoms with van der Waals surface area (Å²) in [4.78, 5) is 25.1. The van der Waals surface area contributed by atoms with E-state index in [1.54, 1.807) is 34.5 Å². The highest BCUT2D eigenvalue weighted by Gasteiger charge is 2.22. The third-order valence-electron chi connectivity index (χ3n) is 6.84. The van der Waals surface area contributed by atoms with Crippen LogP contribution in [0.25, 0.3) is 10.9 Å². The molecule has 0 spiro atoms. The second-order valence-corrected chi connectivity index (χ2v) is 11.3. The van der Waals surface area contributed by atoms with Gasteiger partial charge in [-0.1, -0.05) is 24.3 Å². The van der Waals surface area contributed by atoms with Crippen molar-refractivity contribution in [2.45, 2.75) is 49.9 Å². The molecule has 4 aromatic rings. The van der Waals surface area contributed by atoms with E-state index >= 15 is 0 Å². The Hall–Kier alpha value is -4.31. The summed E-state index contributed by atoms with van der Waals surface area (Å²) < 4.78 is 105. The number of aryl methyl sites for hydroxylation is 2. The molecule has 1 aliphatic carbocycles. The number of nitrogens with one attached hydrogen (secondary N) is 2. The summed E-state index contributed by atoms with van der Waals surface area (Å²) in [5.74, 6) is -1.81. The number of hydrogen-bond donors (Lipinski definition) is 2. The molecule has 1 fully saturated rings. The second kappa shape index (κ2) is 11.7. The number of methoxy groups -OCH3 is 1. The quantitative estimate of drug-likeness (QED) is 0.275. The van der Waals surface area contributed by atoms with Crippen LogP contribution in [0.1, 0.15) is 63.7 Å². The van der Waals surface area contributed by atoms with Gasteiger partial charge in [-0.05, 0) is 85.6 Å². The predicted octanol–water partition coefficient (Wildman–Crippen LogP) is 5.70. The summed E-state index contributed by atoms with van der Waals surface area (Å²) >= 11 is 0. The Morgan fingerprint density at radius 2 is 1.88 bits per heavy atom. The molecule has 1 heterocycles. The fourth-order valence-electron chi connectivity index (χ4n) is 4.81. The zero-order valence-corrected chi connectivity index (χ0v) is 22.9. The third-order valence-corrected chi connectivity index (χ3v) is 8.23. The molecule has 1 saturated carbocycles. The summed E-state index contributed by atoms with van der Waals surface area (Å²) in [7, 11) is -6.13. The Bertz CT molecular complexity index is 2020. The van der Waals surface area contributed by atoms with Crippen molar-refractivity contribution in [3.63, 3.8) is 0 Å². The number of anilines is 1. The van der Waals surface area contributed by atoms with Crippen molar-refractivity contribution in [1.82, 2.24) is 9.29 Å². The van der Waals surface area contributed by atoms with Gasteiger partial charge in [-0.15, -0.1) is 0 Å². The standard InChI is InChI=1S/C31H33N3O6S/c1-20-8-4-7-11-29(20)41(37,38)33-30(35)22-13-12-21(28(17-22)39-3)16-23-19-34(2)27-15-14-24(18-26(23)27)32-31(36)40-25-9-5-6-10-25/h4,7-8,11-15,17-19,25H,5-6,9-10,16H2,1-3H3,(H,32,36)(H,33,35)/i1D3,3D3,16D2. The number of rotatable bonds is 8. The third kappa shape index (κ3) is 6.22. The average molecular weight is 584 g/mol. The highest BCUT2D eigenvalue weighted by atomic mass is 32.2. The first-order valence-electron chi connectivity index (χ1n) is 16.8. The number of nitrogens with zero attached hydrogens (tertiary/aromatic N) is 1. The van der Waals surface area contributed by atoms with Crippen LogP contribution in [-0.4, -0.2) is 38.1 Å². The average Bonchev–Trinajstić information content (AvgIpc) is 3.63. The van der Waals surface area contributed by atoms with Gasteiger partial charge in [0.2, 0.25) is 0 Å². The molecule has 41 heavy (non-hydrogen) atoms. The lowest BCUT2D eigenvalue weighted by Crippen LogP contribution is -2.31. The molecule has 5 rings (SSSR count). The zero-order valence-electron chi connectivity index (χ0n) is 30.1. The first-order valence-corrected chi connectivity index (χ1v) is 14.3. The van der Waals surface area contributed by atoms with Crippen molar-refractivity contribution in [3.8, 4) is 5.75 Å². The topological polar surface area (TPSA) is 116 Å². The summed E-state index contributed by atoms with van der Waals surface area (Å²) in [5.41, 5.74) is -0.198. The van der Waals surface area contributed by atoms with Crippen LogP contribution in [-0.2, 0) is 28.2 Å². The Balaban J connectivity index is 1.50. The smallest absolute Gasteiger partial charge is 0.411 e. The van der Waals surface area contributed by atoms with E-state index < -0.39 is 64.1 Å². The molecule has 10 heteroatoms. The van der Waals surface area contributed by atoms with E-state index in [0.717, 1.165) is 56.0 Å². The number of sulfonamides is 1. The van der Waals surface area contributed by atoms with Crippen LogP contribution in [0.4, 0.5) is 10.5 Å². The fraction of sp³-hybridized carbons (Fsp3) is 0.290. The van der Waals surface area contributed by atoms with Crippen molar-refractivity contribution < 1.29 is 38.4 Å². The van der Waals surface area contributed by atoms with Crippen LogP contribution in [0.2, 0.25) is 0 Å². The number of amides is 2. The summed E-state index contributed by atoms with van der Waals surface area (Å²) in [5, 5.41) is 3.06. The van der Waals surface area contributed by atoms with Crippen molar-refractivity contribution in [1.29, 1.82) is 0 Å². The maximum atomic E-state index is 13.2. The molecule has 0 aliphatic heterocycles. The Morgan fingerprint density at radius 1 is 1.07 bits per heavy atom. The van der Waals surface area contributed by atoms with Gasteiger partial charge in [-0.2, -0.15) is 0 Å². The van der Waals surface area contributed by atoms with Gasteiger partial charge in [0.1, 0.15) is 11.9 Å². The number of carbonyl (C=O) groups is 2. The lowest BCUT2D eigenvalue weighted by molar-refractivity contribution is 0.0980. The number of fused-ring (bicyclic) bond motifs is 1. The van der Waals surface area contributed by atoms with E-state index in [9.17, 15) is 18.0 Å². The van der Waals surface area contributed by atoms with Crippen LogP contribution in [0.15, 0.2) is 71.8 Å². The fourth-order valence-corrected chi connectivity index (χ4v) is 5.89. The van der Waals surface area contributed by atoms with Crippen LogP contribution in [0, 0.1) is 6.85 Å². The van der Waals surface area contributed by atoms with Crippen molar-refractivity contribution in [2.24, 2.45) is 7.05 Å². The number of hydrogen-bond acceptors (Lipinski definition) is 6. The van der Waals surface area contributed by atoms with Gasteiger partial charge < -0.3 is 14.0 Å². The number of aromatic nitrogens is 1. The van der Waals surface area contributed by atoms with E-state index in [2.05, 4.69) is 5.32 Å². The maximum Gasteiger partial charge on any atom is 0.411 e. The van der Waals surface area contributed by atoms with Gasteiger partial charge in [0.25, 0.3) is 15.9 Å². The second-order valence-electron chi connectivity index (χ2n) is 9.69. The number of benzene rings is 3. The monoisotopic (exact) mass is 583 g/mol. The molecule has 9 nitrogen and oxygen atoms in total. The molecule has 3 aromatic carbocycles. The van der Waals surface area contributed by atoms with E-state index in [4.69, 9.17) is 20.4 Å². The molecule has 0 unspecified atom stereocenters.